The van der Waals surface area contributed by atoms with Gasteiger partial charge in [-0.3, -0.25) is 4.79 Å². The highest BCUT2D eigenvalue weighted by Crippen LogP contribution is 2.31. The third-order valence-corrected chi connectivity index (χ3v) is 3.86. The van der Waals surface area contributed by atoms with Crippen LogP contribution in [-0.4, -0.2) is 41.1 Å². The van der Waals surface area contributed by atoms with Gasteiger partial charge in [-0.2, -0.15) is 4.98 Å². The zero-order valence-corrected chi connectivity index (χ0v) is 16.1. The van der Waals surface area contributed by atoms with Gasteiger partial charge < -0.3 is 25.2 Å². The standard InChI is InChI=1S/C20H17F3N4O4/c1-30-16-8-3-2-7-14(16)25-17-10-15(26-19(27-17)24-11-18(28)29)12-5-4-6-13(9-12)31-20(21,22)23/h2-10H,11H2,1H3,(H,28,29)(H2,24,25,26,27). The number of aliphatic carboxylic acids is 1. The lowest BCUT2D eigenvalue weighted by atomic mass is 10.1. The van der Waals surface area contributed by atoms with Crippen molar-refractivity contribution in [3.05, 3.63) is 54.6 Å². The number of alkyl halides is 3. The number of halogens is 3. The first kappa shape index (κ1) is 21.7. The predicted octanol–water partition coefficient (Wildman–Crippen LogP) is 4.29. The van der Waals surface area contributed by atoms with E-state index in [1.165, 1.54) is 25.3 Å². The molecule has 0 aliphatic heterocycles. The highest BCUT2D eigenvalue weighted by molar-refractivity contribution is 5.73. The molecule has 31 heavy (non-hydrogen) atoms. The third-order valence-electron chi connectivity index (χ3n) is 3.86. The van der Waals surface area contributed by atoms with E-state index in [2.05, 4.69) is 25.3 Å². The first-order valence-electron chi connectivity index (χ1n) is 8.84. The van der Waals surface area contributed by atoms with Crippen LogP contribution in [0.4, 0.5) is 30.6 Å². The summed E-state index contributed by atoms with van der Waals surface area (Å²) in [6.45, 7) is -0.450. The molecule has 1 aromatic heterocycles. The maximum absolute atomic E-state index is 12.6. The topological polar surface area (TPSA) is 106 Å². The minimum atomic E-state index is -4.84. The Bertz CT molecular complexity index is 1080. The fourth-order valence-corrected chi connectivity index (χ4v) is 2.63. The molecule has 0 aliphatic carbocycles. The van der Waals surface area contributed by atoms with Gasteiger partial charge in [0.05, 0.1) is 18.5 Å². The van der Waals surface area contributed by atoms with Crippen molar-refractivity contribution in [2.45, 2.75) is 6.36 Å². The van der Waals surface area contributed by atoms with Crippen molar-refractivity contribution < 1.29 is 32.5 Å². The van der Waals surface area contributed by atoms with Gasteiger partial charge in [0, 0.05) is 11.6 Å². The molecule has 0 bridgehead atoms. The summed E-state index contributed by atoms with van der Waals surface area (Å²) in [6, 6.07) is 13.8. The largest absolute Gasteiger partial charge is 0.573 e. The molecule has 11 heteroatoms. The van der Waals surface area contributed by atoms with E-state index in [9.17, 15) is 18.0 Å². The van der Waals surface area contributed by atoms with Crippen molar-refractivity contribution in [3.8, 4) is 22.8 Å². The zero-order chi connectivity index (χ0) is 22.4. The van der Waals surface area contributed by atoms with Gasteiger partial charge in [0.1, 0.15) is 23.9 Å². The lowest BCUT2D eigenvalue weighted by molar-refractivity contribution is -0.274. The van der Waals surface area contributed by atoms with Crippen LogP contribution in [0, 0.1) is 0 Å². The number of anilines is 3. The van der Waals surface area contributed by atoms with Gasteiger partial charge >= 0.3 is 12.3 Å². The maximum Gasteiger partial charge on any atom is 0.573 e. The number of ether oxygens (including phenoxy) is 2. The van der Waals surface area contributed by atoms with Gasteiger partial charge in [0.15, 0.2) is 0 Å². The fourth-order valence-electron chi connectivity index (χ4n) is 2.63. The number of carbonyl (C=O) groups is 1. The van der Waals surface area contributed by atoms with Crippen LogP contribution in [-0.2, 0) is 4.79 Å². The maximum atomic E-state index is 12.6. The summed E-state index contributed by atoms with van der Waals surface area (Å²) in [4.78, 5) is 19.3. The normalized spacial score (nSPS) is 11.0. The zero-order valence-electron chi connectivity index (χ0n) is 16.1. The molecule has 0 spiro atoms. The molecule has 0 atom stereocenters. The number of carboxylic acids is 1. The summed E-state index contributed by atoms with van der Waals surface area (Å²) >= 11 is 0. The van der Waals surface area contributed by atoms with Crippen LogP contribution in [0.2, 0.25) is 0 Å². The molecule has 3 rings (SSSR count). The summed E-state index contributed by atoms with van der Waals surface area (Å²) in [5.74, 6) is -0.774. The molecule has 0 amide bonds. The first-order valence-corrected chi connectivity index (χ1v) is 8.84. The van der Waals surface area contributed by atoms with Crippen molar-refractivity contribution in [2.75, 3.05) is 24.3 Å². The van der Waals surface area contributed by atoms with Gasteiger partial charge in [0.25, 0.3) is 0 Å². The molecule has 2 aromatic carbocycles. The Labute approximate surface area is 174 Å². The lowest BCUT2D eigenvalue weighted by Crippen LogP contribution is -2.17. The van der Waals surface area contributed by atoms with Crippen LogP contribution >= 0.6 is 0 Å². The molecule has 0 unspecified atom stereocenters. The summed E-state index contributed by atoms with van der Waals surface area (Å²) in [5, 5.41) is 14.5. The first-order chi connectivity index (χ1) is 14.7. The molecule has 0 saturated carbocycles. The number of benzene rings is 2. The second-order valence-corrected chi connectivity index (χ2v) is 6.11. The Morgan fingerprint density at radius 3 is 2.58 bits per heavy atom. The van der Waals surface area contributed by atoms with Crippen molar-refractivity contribution >= 4 is 23.4 Å². The second-order valence-electron chi connectivity index (χ2n) is 6.11. The van der Waals surface area contributed by atoms with E-state index in [4.69, 9.17) is 9.84 Å². The highest BCUT2D eigenvalue weighted by atomic mass is 19.4. The van der Waals surface area contributed by atoms with Crippen molar-refractivity contribution in [1.29, 1.82) is 0 Å². The van der Waals surface area contributed by atoms with Gasteiger partial charge in [-0.25, -0.2) is 4.98 Å². The quantitative estimate of drug-likeness (QED) is 0.482. The van der Waals surface area contributed by atoms with E-state index >= 15 is 0 Å². The number of hydrogen-bond acceptors (Lipinski definition) is 7. The molecule has 0 saturated heterocycles. The Kier molecular flexibility index (Phi) is 6.43. The molecule has 162 valence electrons. The van der Waals surface area contributed by atoms with E-state index in [0.29, 0.717) is 17.0 Å². The number of rotatable bonds is 8. The molecular formula is C20H17F3N4O4. The molecule has 3 aromatic rings. The van der Waals surface area contributed by atoms with Crippen LogP contribution in [0.15, 0.2) is 54.6 Å². The van der Waals surface area contributed by atoms with Crippen molar-refractivity contribution in [1.82, 2.24) is 9.97 Å². The fraction of sp³-hybridized carbons (Fsp3) is 0.150. The van der Waals surface area contributed by atoms with E-state index in [1.54, 1.807) is 30.3 Å². The van der Waals surface area contributed by atoms with Crippen LogP contribution in [0.25, 0.3) is 11.3 Å². The molecule has 0 aliphatic rings. The molecule has 0 fully saturated rings. The van der Waals surface area contributed by atoms with Gasteiger partial charge in [-0.15, -0.1) is 13.2 Å². The number of hydrogen-bond donors (Lipinski definition) is 3. The Morgan fingerprint density at radius 1 is 1.10 bits per heavy atom. The molecule has 8 nitrogen and oxygen atoms in total. The van der Waals surface area contributed by atoms with Gasteiger partial charge in [-0.1, -0.05) is 24.3 Å². The minimum absolute atomic E-state index is 0.0283. The Hall–Kier alpha value is -4.02. The van der Waals surface area contributed by atoms with Crippen molar-refractivity contribution in [3.63, 3.8) is 0 Å². The number of methoxy groups -OCH3 is 1. The van der Waals surface area contributed by atoms with Crippen LogP contribution in [0.3, 0.4) is 0 Å². The van der Waals surface area contributed by atoms with Gasteiger partial charge in [0.2, 0.25) is 5.95 Å². The number of nitrogens with one attached hydrogen (secondary N) is 2. The van der Waals surface area contributed by atoms with Crippen LogP contribution < -0.4 is 20.1 Å². The number of aromatic nitrogens is 2. The third kappa shape index (κ3) is 6.23. The smallest absolute Gasteiger partial charge is 0.495 e. The minimum Gasteiger partial charge on any atom is -0.495 e. The Morgan fingerprint density at radius 2 is 1.87 bits per heavy atom. The monoisotopic (exact) mass is 434 g/mol. The highest BCUT2D eigenvalue weighted by Gasteiger charge is 2.31. The van der Waals surface area contributed by atoms with E-state index in [1.807, 2.05) is 0 Å². The van der Waals surface area contributed by atoms with E-state index in [-0.39, 0.29) is 17.5 Å². The van der Waals surface area contributed by atoms with E-state index in [0.717, 1.165) is 6.07 Å². The van der Waals surface area contributed by atoms with Crippen LogP contribution in [0.1, 0.15) is 0 Å². The Balaban J connectivity index is 1.99. The molecular weight excluding hydrogens is 417 g/mol. The summed E-state index contributed by atoms with van der Waals surface area (Å²) in [5.41, 5.74) is 1.13. The molecule has 1 heterocycles. The number of para-hydroxylation sites is 2. The number of carboxylic acid groups (broad SMARTS) is 1. The van der Waals surface area contributed by atoms with E-state index < -0.39 is 24.6 Å². The average Bonchev–Trinajstić information content (AvgIpc) is 2.71. The summed E-state index contributed by atoms with van der Waals surface area (Å²) < 4.78 is 46.9. The number of nitrogens with zero attached hydrogens (tertiary/aromatic N) is 2. The second kappa shape index (κ2) is 9.20. The summed E-state index contributed by atoms with van der Waals surface area (Å²) in [6.07, 6.45) is -4.84. The van der Waals surface area contributed by atoms with Gasteiger partial charge in [-0.05, 0) is 24.3 Å². The lowest BCUT2D eigenvalue weighted by Gasteiger charge is -2.14. The summed E-state index contributed by atoms with van der Waals surface area (Å²) in [7, 11) is 1.50. The van der Waals surface area contributed by atoms with Crippen LogP contribution in [0.5, 0.6) is 11.5 Å². The molecule has 0 radical (unpaired) electrons. The van der Waals surface area contributed by atoms with Crippen molar-refractivity contribution in [2.24, 2.45) is 0 Å². The predicted molar refractivity (Wildman–Crippen MR) is 107 cm³/mol. The average molecular weight is 434 g/mol. The SMILES string of the molecule is COc1ccccc1Nc1cc(-c2cccc(OC(F)(F)F)c2)nc(NCC(=O)O)n1. The molecule has 3 N–H and O–H groups in total.